The van der Waals surface area contributed by atoms with Gasteiger partial charge in [-0.2, -0.15) is 0 Å². The van der Waals surface area contributed by atoms with Gasteiger partial charge in [0.2, 0.25) is 0 Å². The Labute approximate surface area is 101 Å². The molecule has 15 heavy (non-hydrogen) atoms. The molecule has 1 aliphatic rings. The molecule has 0 heterocycles. The van der Waals surface area contributed by atoms with Crippen LogP contribution in [0.1, 0.15) is 71.6 Å². The number of halogens is 1. The topological polar surface area (TPSA) is 0 Å². The third kappa shape index (κ3) is 5.24. The summed E-state index contributed by atoms with van der Waals surface area (Å²) in [6.45, 7) is 4.56. The average molecular weight is 231 g/mol. The second-order valence-electron chi connectivity index (χ2n) is 5.26. The van der Waals surface area contributed by atoms with Crippen molar-refractivity contribution >= 4 is 11.6 Å². The van der Waals surface area contributed by atoms with Crippen molar-refractivity contribution in [1.29, 1.82) is 0 Å². The molecule has 0 amide bonds. The molecule has 1 atom stereocenters. The van der Waals surface area contributed by atoms with Crippen LogP contribution in [-0.2, 0) is 0 Å². The van der Waals surface area contributed by atoms with Gasteiger partial charge < -0.3 is 0 Å². The number of rotatable bonds is 6. The van der Waals surface area contributed by atoms with E-state index >= 15 is 0 Å². The standard InChI is InChI=1S/C14H27Cl/c1-3-5-14(15)11-10-13-8-6-12(4-2)7-9-13/h12-14H,3-11H2,1-2H3. The molecular weight excluding hydrogens is 204 g/mol. The Morgan fingerprint density at radius 3 is 2.13 bits per heavy atom. The van der Waals surface area contributed by atoms with E-state index in [0.717, 1.165) is 11.8 Å². The molecule has 1 saturated carbocycles. The van der Waals surface area contributed by atoms with E-state index in [1.165, 1.54) is 57.8 Å². The summed E-state index contributed by atoms with van der Waals surface area (Å²) in [6, 6.07) is 0. The fourth-order valence-electron chi connectivity index (χ4n) is 2.80. The number of alkyl halides is 1. The van der Waals surface area contributed by atoms with Crippen molar-refractivity contribution in [2.45, 2.75) is 77.0 Å². The normalized spacial score (nSPS) is 29.0. The molecule has 1 unspecified atom stereocenters. The van der Waals surface area contributed by atoms with Gasteiger partial charge in [-0.25, -0.2) is 0 Å². The maximum absolute atomic E-state index is 6.26. The maximum Gasteiger partial charge on any atom is 0.0336 e. The Morgan fingerprint density at radius 2 is 1.60 bits per heavy atom. The van der Waals surface area contributed by atoms with E-state index in [-0.39, 0.29) is 0 Å². The molecule has 0 aromatic rings. The Hall–Kier alpha value is 0.290. The van der Waals surface area contributed by atoms with E-state index < -0.39 is 0 Å². The molecule has 1 rings (SSSR count). The van der Waals surface area contributed by atoms with Gasteiger partial charge in [-0.15, -0.1) is 11.6 Å². The van der Waals surface area contributed by atoms with Crippen LogP contribution in [0, 0.1) is 11.8 Å². The molecule has 0 aromatic carbocycles. The summed E-state index contributed by atoms with van der Waals surface area (Å²) >= 11 is 6.26. The zero-order chi connectivity index (χ0) is 11.1. The highest BCUT2D eigenvalue weighted by Gasteiger charge is 2.20. The first-order valence-electron chi connectivity index (χ1n) is 6.90. The SMILES string of the molecule is CCCC(Cl)CCC1CCC(CC)CC1. The van der Waals surface area contributed by atoms with E-state index in [1.54, 1.807) is 0 Å². The van der Waals surface area contributed by atoms with Crippen molar-refractivity contribution in [2.75, 3.05) is 0 Å². The molecule has 0 radical (unpaired) electrons. The van der Waals surface area contributed by atoms with Gasteiger partial charge in [0.05, 0.1) is 0 Å². The van der Waals surface area contributed by atoms with Crippen molar-refractivity contribution in [2.24, 2.45) is 11.8 Å². The second-order valence-corrected chi connectivity index (χ2v) is 5.88. The minimum atomic E-state index is 0.443. The van der Waals surface area contributed by atoms with Gasteiger partial charge in [-0.1, -0.05) is 52.4 Å². The van der Waals surface area contributed by atoms with Gasteiger partial charge >= 0.3 is 0 Å². The smallest absolute Gasteiger partial charge is 0.0336 e. The molecule has 0 aliphatic heterocycles. The van der Waals surface area contributed by atoms with Gasteiger partial charge in [0.15, 0.2) is 0 Å². The minimum Gasteiger partial charge on any atom is -0.123 e. The first-order chi connectivity index (χ1) is 7.26. The summed E-state index contributed by atoms with van der Waals surface area (Å²) in [4.78, 5) is 0. The highest BCUT2D eigenvalue weighted by Crippen LogP contribution is 2.33. The van der Waals surface area contributed by atoms with Crippen LogP contribution < -0.4 is 0 Å². The lowest BCUT2D eigenvalue weighted by Crippen LogP contribution is -2.15. The molecular formula is C14H27Cl. The van der Waals surface area contributed by atoms with Crippen LogP contribution in [-0.4, -0.2) is 5.38 Å². The first-order valence-corrected chi connectivity index (χ1v) is 7.33. The van der Waals surface area contributed by atoms with E-state index in [4.69, 9.17) is 11.6 Å². The van der Waals surface area contributed by atoms with Crippen molar-refractivity contribution in [3.8, 4) is 0 Å². The van der Waals surface area contributed by atoms with Crippen LogP contribution in [0.5, 0.6) is 0 Å². The molecule has 1 fully saturated rings. The average Bonchev–Trinajstić information content (AvgIpc) is 2.27. The van der Waals surface area contributed by atoms with Crippen molar-refractivity contribution < 1.29 is 0 Å². The highest BCUT2D eigenvalue weighted by atomic mass is 35.5. The maximum atomic E-state index is 6.26. The summed E-state index contributed by atoms with van der Waals surface area (Å²) in [6.07, 6.45) is 12.3. The predicted molar refractivity (Wildman–Crippen MR) is 69.5 cm³/mol. The fraction of sp³-hybridized carbons (Fsp3) is 1.00. The quantitative estimate of drug-likeness (QED) is 0.537. The van der Waals surface area contributed by atoms with Crippen LogP contribution in [0.4, 0.5) is 0 Å². The van der Waals surface area contributed by atoms with Gasteiger partial charge in [-0.3, -0.25) is 0 Å². The number of hydrogen-bond acceptors (Lipinski definition) is 0. The molecule has 1 heteroatoms. The first kappa shape index (κ1) is 13.4. The van der Waals surface area contributed by atoms with Gasteiger partial charge in [0.1, 0.15) is 0 Å². The lowest BCUT2D eigenvalue weighted by atomic mass is 9.79. The summed E-state index contributed by atoms with van der Waals surface area (Å²) in [5, 5.41) is 0.443. The van der Waals surface area contributed by atoms with Crippen molar-refractivity contribution in [3.63, 3.8) is 0 Å². The van der Waals surface area contributed by atoms with E-state index in [0.29, 0.717) is 5.38 Å². The van der Waals surface area contributed by atoms with Crippen molar-refractivity contribution in [3.05, 3.63) is 0 Å². The Kier molecular flexibility index (Phi) is 6.72. The predicted octanol–water partition coefficient (Wildman–Crippen LogP) is 5.39. The molecule has 0 spiro atoms. The Morgan fingerprint density at radius 1 is 1.00 bits per heavy atom. The second kappa shape index (κ2) is 7.54. The highest BCUT2D eigenvalue weighted by molar-refractivity contribution is 6.20. The Balaban J connectivity index is 2.08. The van der Waals surface area contributed by atoms with Gasteiger partial charge in [0, 0.05) is 5.38 Å². The third-order valence-electron chi connectivity index (χ3n) is 4.03. The summed E-state index contributed by atoms with van der Waals surface area (Å²) in [5.74, 6) is 2.02. The molecule has 0 saturated heterocycles. The Bertz CT molecular complexity index is 147. The molecule has 90 valence electrons. The van der Waals surface area contributed by atoms with E-state index in [1.807, 2.05) is 0 Å². The van der Waals surface area contributed by atoms with Crippen molar-refractivity contribution in [1.82, 2.24) is 0 Å². The van der Waals surface area contributed by atoms with E-state index in [2.05, 4.69) is 13.8 Å². The number of hydrogen-bond donors (Lipinski definition) is 0. The monoisotopic (exact) mass is 230 g/mol. The molecule has 1 aliphatic carbocycles. The molecule has 0 N–H and O–H groups in total. The summed E-state index contributed by atoms with van der Waals surface area (Å²) < 4.78 is 0. The van der Waals surface area contributed by atoms with Crippen LogP contribution in [0.2, 0.25) is 0 Å². The fourth-order valence-corrected chi connectivity index (χ4v) is 3.15. The van der Waals surface area contributed by atoms with Gasteiger partial charge in [0.25, 0.3) is 0 Å². The van der Waals surface area contributed by atoms with E-state index in [9.17, 15) is 0 Å². The van der Waals surface area contributed by atoms with Crippen LogP contribution >= 0.6 is 11.6 Å². The van der Waals surface area contributed by atoms with Gasteiger partial charge in [-0.05, 0) is 31.1 Å². The minimum absolute atomic E-state index is 0.443. The summed E-state index contributed by atoms with van der Waals surface area (Å²) in [7, 11) is 0. The zero-order valence-electron chi connectivity index (χ0n) is 10.5. The lowest BCUT2D eigenvalue weighted by molar-refractivity contribution is 0.254. The van der Waals surface area contributed by atoms with Crippen LogP contribution in [0.3, 0.4) is 0 Å². The lowest BCUT2D eigenvalue weighted by Gasteiger charge is -2.28. The third-order valence-corrected chi connectivity index (χ3v) is 4.47. The van der Waals surface area contributed by atoms with Crippen LogP contribution in [0.15, 0.2) is 0 Å². The van der Waals surface area contributed by atoms with Crippen LogP contribution in [0.25, 0.3) is 0 Å². The molecule has 0 aromatic heterocycles. The zero-order valence-corrected chi connectivity index (χ0v) is 11.2. The largest absolute Gasteiger partial charge is 0.123 e. The molecule has 0 bridgehead atoms. The molecule has 0 nitrogen and oxygen atoms in total. The summed E-state index contributed by atoms with van der Waals surface area (Å²) in [5.41, 5.74) is 0.